The molecule has 2 atom stereocenters. The number of aliphatic hydroxyl groups is 1. The fourth-order valence-corrected chi connectivity index (χ4v) is 1.34. The average Bonchev–Trinajstić information content (AvgIpc) is 2.06. The zero-order valence-electron chi connectivity index (χ0n) is 7.35. The normalized spacial score (nSPS) is 31.4. The quantitative estimate of drug-likeness (QED) is 0.517. The zero-order chi connectivity index (χ0) is 8.32. The average molecular weight is 158 g/mol. The Morgan fingerprint density at radius 1 is 1.55 bits per heavy atom. The molecule has 0 radical (unpaired) electrons. The smallest absolute Gasteiger partial charge is 0.0781 e. The molecule has 1 heterocycles. The molecule has 1 aliphatic rings. The summed E-state index contributed by atoms with van der Waals surface area (Å²) in [5, 5.41) is 16.4. The Balaban J connectivity index is 2.43. The summed E-state index contributed by atoms with van der Waals surface area (Å²) in [6.07, 6.45) is 0.798. The summed E-state index contributed by atoms with van der Waals surface area (Å²) in [7, 11) is 0. The van der Waals surface area contributed by atoms with E-state index in [1.807, 2.05) is 13.8 Å². The van der Waals surface area contributed by atoms with Crippen LogP contribution in [0.15, 0.2) is 0 Å². The van der Waals surface area contributed by atoms with Crippen LogP contribution < -0.4 is 10.6 Å². The molecule has 66 valence electrons. The Bertz CT molecular complexity index is 119. The molecule has 0 spiro atoms. The molecule has 0 bridgehead atoms. The van der Waals surface area contributed by atoms with E-state index < -0.39 is 5.60 Å². The van der Waals surface area contributed by atoms with Crippen molar-refractivity contribution in [3.63, 3.8) is 0 Å². The standard InChI is InChI=1S/C8H18N2O/c1-3-8(2,11)7-6-9-4-5-10-7/h7,9-11H,3-6H2,1-2H3. The maximum absolute atomic E-state index is 9.85. The maximum atomic E-state index is 9.85. The SMILES string of the molecule is CCC(C)(O)C1CNCCN1. The highest BCUT2D eigenvalue weighted by Gasteiger charge is 2.30. The second-order valence-electron chi connectivity index (χ2n) is 3.42. The molecule has 0 saturated carbocycles. The van der Waals surface area contributed by atoms with Gasteiger partial charge in [0.15, 0.2) is 0 Å². The number of hydrogen-bond donors (Lipinski definition) is 3. The van der Waals surface area contributed by atoms with Crippen molar-refractivity contribution < 1.29 is 5.11 Å². The Hall–Kier alpha value is -0.120. The molecule has 3 N–H and O–H groups in total. The number of hydrogen-bond acceptors (Lipinski definition) is 3. The van der Waals surface area contributed by atoms with Gasteiger partial charge in [-0.1, -0.05) is 6.92 Å². The first-order chi connectivity index (χ1) is 5.17. The Kier molecular flexibility index (Phi) is 2.87. The lowest BCUT2D eigenvalue weighted by Gasteiger charge is -2.35. The van der Waals surface area contributed by atoms with Crippen molar-refractivity contribution in [3.05, 3.63) is 0 Å². The topological polar surface area (TPSA) is 44.3 Å². The van der Waals surface area contributed by atoms with E-state index in [-0.39, 0.29) is 6.04 Å². The lowest BCUT2D eigenvalue weighted by Crippen LogP contribution is -2.58. The van der Waals surface area contributed by atoms with Crippen LogP contribution in [0.2, 0.25) is 0 Å². The summed E-state index contributed by atoms with van der Waals surface area (Å²) >= 11 is 0. The monoisotopic (exact) mass is 158 g/mol. The van der Waals surface area contributed by atoms with Crippen LogP contribution in [0.4, 0.5) is 0 Å². The van der Waals surface area contributed by atoms with Crippen molar-refractivity contribution in [3.8, 4) is 0 Å². The molecule has 3 nitrogen and oxygen atoms in total. The molecule has 0 amide bonds. The summed E-state index contributed by atoms with van der Waals surface area (Å²) in [5.41, 5.74) is -0.562. The van der Waals surface area contributed by atoms with Gasteiger partial charge in [-0.25, -0.2) is 0 Å². The van der Waals surface area contributed by atoms with E-state index in [2.05, 4.69) is 10.6 Å². The van der Waals surface area contributed by atoms with Crippen molar-refractivity contribution in [1.82, 2.24) is 10.6 Å². The first-order valence-electron chi connectivity index (χ1n) is 4.33. The van der Waals surface area contributed by atoms with Gasteiger partial charge in [0, 0.05) is 25.7 Å². The van der Waals surface area contributed by atoms with Crippen molar-refractivity contribution in [1.29, 1.82) is 0 Å². The molecular weight excluding hydrogens is 140 g/mol. The van der Waals surface area contributed by atoms with Gasteiger partial charge in [0.1, 0.15) is 0 Å². The van der Waals surface area contributed by atoms with Crippen molar-refractivity contribution in [2.75, 3.05) is 19.6 Å². The van der Waals surface area contributed by atoms with Crippen LogP contribution >= 0.6 is 0 Å². The van der Waals surface area contributed by atoms with Crippen LogP contribution in [0.25, 0.3) is 0 Å². The molecular formula is C8H18N2O. The molecule has 1 aliphatic heterocycles. The third-order valence-corrected chi connectivity index (χ3v) is 2.51. The lowest BCUT2D eigenvalue weighted by molar-refractivity contribution is 0.0113. The van der Waals surface area contributed by atoms with Gasteiger partial charge in [0.05, 0.1) is 5.60 Å². The number of rotatable bonds is 2. The van der Waals surface area contributed by atoms with Crippen LogP contribution in [-0.4, -0.2) is 36.4 Å². The van der Waals surface area contributed by atoms with Crippen molar-refractivity contribution in [2.24, 2.45) is 0 Å². The minimum absolute atomic E-state index is 0.209. The first-order valence-corrected chi connectivity index (χ1v) is 4.33. The first kappa shape index (κ1) is 8.97. The molecule has 0 aromatic rings. The van der Waals surface area contributed by atoms with E-state index >= 15 is 0 Å². The highest BCUT2D eigenvalue weighted by molar-refractivity contribution is 4.90. The largest absolute Gasteiger partial charge is 0.389 e. The predicted molar refractivity (Wildman–Crippen MR) is 45.6 cm³/mol. The fourth-order valence-electron chi connectivity index (χ4n) is 1.34. The summed E-state index contributed by atoms with van der Waals surface area (Å²) < 4.78 is 0. The maximum Gasteiger partial charge on any atom is 0.0781 e. The van der Waals surface area contributed by atoms with Crippen LogP contribution in [-0.2, 0) is 0 Å². The van der Waals surface area contributed by atoms with Gasteiger partial charge in [-0.15, -0.1) is 0 Å². The van der Waals surface area contributed by atoms with E-state index in [9.17, 15) is 5.11 Å². The molecule has 3 heteroatoms. The van der Waals surface area contributed by atoms with Gasteiger partial charge in [0.2, 0.25) is 0 Å². The second-order valence-corrected chi connectivity index (χ2v) is 3.42. The van der Waals surface area contributed by atoms with E-state index in [0.717, 1.165) is 26.1 Å². The summed E-state index contributed by atoms with van der Waals surface area (Å²) in [4.78, 5) is 0. The fraction of sp³-hybridized carbons (Fsp3) is 1.00. The van der Waals surface area contributed by atoms with Gasteiger partial charge in [-0.3, -0.25) is 0 Å². The molecule has 1 rings (SSSR count). The van der Waals surface area contributed by atoms with Gasteiger partial charge < -0.3 is 15.7 Å². The molecule has 11 heavy (non-hydrogen) atoms. The van der Waals surface area contributed by atoms with Crippen molar-refractivity contribution in [2.45, 2.75) is 31.9 Å². The summed E-state index contributed by atoms with van der Waals surface area (Å²) in [6.45, 7) is 6.74. The highest BCUT2D eigenvalue weighted by atomic mass is 16.3. The van der Waals surface area contributed by atoms with Gasteiger partial charge >= 0.3 is 0 Å². The molecule has 1 fully saturated rings. The number of piperazine rings is 1. The molecule has 0 aromatic carbocycles. The Morgan fingerprint density at radius 3 is 2.73 bits per heavy atom. The summed E-state index contributed by atoms with van der Waals surface area (Å²) in [6, 6.07) is 0.209. The van der Waals surface area contributed by atoms with E-state index in [4.69, 9.17) is 0 Å². The predicted octanol–water partition coefficient (Wildman–Crippen LogP) is -0.291. The van der Waals surface area contributed by atoms with Gasteiger partial charge in [-0.05, 0) is 13.3 Å². The van der Waals surface area contributed by atoms with E-state index in [1.54, 1.807) is 0 Å². The molecule has 1 saturated heterocycles. The Morgan fingerprint density at radius 2 is 2.27 bits per heavy atom. The van der Waals surface area contributed by atoms with E-state index in [0.29, 0.717) is 0 Å². The minimum Gasteiger partial charge on any atom is -0.389 e. The molecule has 2 unspecified atom stereocenters. The third kappa shape index (κ3) is 2.15. The summed E-state index contributed by atoms with van der Waals surface area (Å²) in [5.74, 6) is 0. The second kappa shape index (κ2) is 3.52. The lowest BCUT2D eigenvalue weighted by atomic mass is 9.92. The zero-order valence-corrected chi connectivity index (χ0v) is 7.35. The number of nitrogens with one attached hydrogen (secondary N) is 2. The van der Waals surface area contributed by atoms with E-state index in [1.165, 1.54) is 0 Å². The third-order valence-electron chi connectivity index (χ3n) is 2.51. The van der Waals surface area contributed by atoms with Crippen LogP contribution in [0.1, 0.15) is 20.3 Å². The van der Waals surface area contributed by atoms with Crippen LogP contribution in [0.5, 0.6) is 0 Å². The molecule has 0 aromatic heterocycles. The van der Waals surface area contributed by atoms with Crippen molar-refractivity contribution >= 4 is 0 Å². The van der Waals surface area contributed by atoms with Gasteiger partial charge in [0.25, 0.3) is 0 Å². The molecule has 0 aliphatic carbocycles. The highest BCUT2D eigenvalue weighted by Crippen LogP contribution is 2.14. The van der Waals surface area contributed by atoms with Crippen LogP contribution in [0, 0.1) is 0 Å². The minimum atomic E-state index is -0.562. The Labute approximate surface area is 68.2 Å². The van der Waals surface area contributed by atoms with Crippen LogP contribution in [0.3, 0.4) is 0 Å². The van der Waals surface area contributed by atoms with Gasteiger partial charge in [-0.2, -0.15) is 0 Å².